The second-order valence-electron chi connectivity index (χ2n) is 8.90. The van der Waals surface area contributed by atoms with Gasteiger partial charge in [0, 0.05) is 23.3 Å². The first-order chi connectivity index (χ1) is 15.6. The molecule has 1 fully saturated rings. The smallest absolute Gasteiger partial charge is 0.231 e. The molecule has 1 heterocycles. The first kappa shape index (κ1) is 20.5. The molecule has 162 valence electrons. The number of rotatable bonds is 5. The summed E-state index contributed by atoms with van der Waals surface area (Å²) in [6.45, 7) is 2.09. The Morgan fingerprint density at radius 1 is 0.875 bits per heavy atom. The molecule has 1 aliphatic carbocycles. The van der Waals surface area contributed by atoms with E-state index < -0.39 is 0 Å². The standard InChI is InChI=1S/C28H28N2O2/c1-20-18-26(30(28(32)22-16-17-22)23-12-6-3-7-13-23)24-14-8-9-15-25(24)29(20)27(31)19-21-10-4-2-5-11-21/h2-15,20,22,26H,16-19H2,1H3/t20-,26-/m1/s1. The van der Waals surface area contributed by atoms with E-state index in [9.17, 15) is 9.59 Å². The SMILES string of the molecule is C[C@@H]1C[C@@H](N(C(=O)C2CC2)c2ccccc2)c2ccccc2N1C(=O)Cc1ccccc1. The molecule has 4 heteroatoms. The van der Waals surface area contributed by atoms with E-state index in [0.29, 0.717) is 12.8 Å². The van der Waals surface area contributed by atoms with Gasteiger partial charge in [-0.25, -0.2) is 0 Å². The van der Waals surface area contributed by atoms with E-state index in [4.69, 9.17) is 0 Å². The maximum absolute atomic E-state index is 13.4. The van der Waals surface area contributed by atoms with Crippen LogP contribution in [0.2, 0.25) is 0 Å². The number of hydrogen-bond donors (Lipinski definition) is 0. The van der Waals surface area contributed by atoms with Crippen LogP contribution in [-0.2, 0) is 16.0 Å². The van der Waals surface area contributed by atoms with Crippen molar-refractivity contribution in [3.05, 3.63) is 96.1 Å². The van der Waals surface area contributed by atoms with Crippen molar-refractivity contribution in [2.75, 3.05) is 9.80 Å². The van der Waals surface area contributed by atoms with Crippen molar-refractivity contribution in [3.63, 3.8) is 0 Å². The van der Waals surface area contributed by atoms with Gasteiger partial charge in [0.2, 0.25) is 11.8 Å². The monoisotopic (exact) mass is 424 g/mol. The third-order valence-electron chi connectivity index (χ3n) is 6.54. The van der Waals surface area contributed by atoms with Gasteiger partial charge in [0.25, 0.3) is 0 Å². The molecule has 3 aromatic carbocycles. The lowest BCUT2D eigenvalue weighted by Gasteiger charge is -2.43. The Kier molecular flexibility index (Phi) is 5.52. The van der Waals surface area contributed by atoms with Gasteiger partial charge >= 0.3 is 0 Å². The molecule has 32 heavy (non-hydrogen) atoms. The van der Waals surface area contributed by atoms with E-state index >= 15 is 0 Å². The van der Waals surface area contributed by atoms with Crippen LogP contribution in [0, 0.1) is 5.92 Å². The largest absolute Gasteiger partial charge is 0.309 e. The summed E-state index contributed by atoms with van der Waals surface area (Å²) in [5.74, 6) is 0.414. The Balaban J connectivity index is 1.52. The third-order valence-corrected chi connectivity index (χ3v) is 6.54. The summed E-state index contributed by atoms with van der Waals surface area (Å²) >= 11 is 0. The zero-order valence-corrected chi connectivity index (χ0v) is 18.4. The fraction of sp³-hybridized carbons (Fsp3) is 0.286. The summed E-state index contributed by atoms with van der Waals surface area (Å²) in [5, 5.41) is 0. The molecular weight excluding hydrogens is 396 g/mol. The van der Waals surface area contributed by atoms with Crippen LogP contribution in [0.3, 0.4) is 0 Å². The maximum atomic E-state index is 13.4. The van der Waals surface area contributed by atoms with Crippen molar-refractivity contribution in [1.29, 1.82) is 0 Å². The molecule has 0 radical (unpaired) electrons. The summed E-state index contributed by atoms with van der Waals surface area (Å²) in [4.78, 5) is 30.7. The summed E-state index contributed by atoms with van der Waals surface area (Å²) in [7, 11) is 0. The van der Waals surface area contributed by atoms with Gasteiger partial charge in [0.05, 0.1) is 12.5 Å². The Labute approximate surface area is 189 Å². The highest BCUT2D eigenvalue weighted by Gasteiger charge is 2.42. The van der Waals surface area contributed by atoms with Gasteiger partial charge in [0.1, 0.15) is 0 Å². The van der Waals surface area contributed by atoms with E-state index in [-0.39, 0.29) is 29.8 Å². The van der Waals surface area contributed by atoms with Gasteiger partial charge in [-0.3, -0.25) is 9.59 Å². The molecule has 2 amide bonds. The van der Waals surface area contributed by atoms with Crippen molar-refractivity contribution in [2.45, 2.75) is 44.7 Å². The van der Waals surface area contributed by atoms with E-state index in [1.54, 1.807) is 0 Å². The molecule has 2 atom stereocenters. The number of carbonyl (C=O) groups excluding carboxylic acids is 2. The molecule has 0 bridgehead atoms. The van der Waals surface area contributed by atoms with Gasteiger partial charge in [0.15, 0.2) is 0 Å². The summed E-state index contributed by atoms with van der Waals surface area (Å²) < 4.78 is 0. The number of benzene rings is 3. The molecule has 0 N–H and O–H groups in total. The fourth-order valence-electron chi connectivity index (χ4n) is 4.84. The van der Waals surface area contributed by atoms with E-state index in [0.717, 1.165) is 35.3 Å². The summed E-state index contributed by atoms with van der Waals surface area (Å²) in [6, 6.07) is 27.8. The second-order valence-corrected chi connectivity index (χ2v) is 8.90. The van der Waals surface area contributed by atoms with Crippen LogP contribution in [0.15, 0.2) is 84.9 Å². The number of para-hydroxylation sites is 2. The topological polar surface area (TPSA) is 40.6 Å². The highest BCUT2D eigenvalue weighted by molar-refractivity contribution is 6.00. The second kappa shape index (κ2) is 8.62. The normalized spacial score (nSPS) is 19.8. The van der Waals surface area contributed by atoms with Crippen LogP contribution in [0.25, 0.3) is 0 Å². The molecule has 1 saturated carbocycles. The zero-order valence-electron chi connectivity index (χ0n) is 18.4. The lowest BCUT2D eigenvalue weighted by Crippen LogP contribution is -2.48. The highest BCUT2D eigenvalue weighted by atomic mass is 16.2. The van der Waals surface area contributed by atoms with Crippen LogP contribution in [0.1, 0.15) is 43.4 Å². The predicted octanol–water partition coefficient (Wildman–Crippen LogP) is 5.54. The molecule has 4 nitrogen and oxygen atoms in total. The van der Waals surface area contributed by atoms with Crippen molar-refractivity contribution in [2.24, 2.45) is 5.92 Å². The Morgan fingerprint density at radius 3 is 2.19 bits per heavy atom. The molecule has 0 spiro atoms. The molecule has 0 saturated heterocycles. The van der Waals surface area contributed by atoms with Crippen LogP contribution in [0.5, 0.6) is 0 Å². The van der Waals surface area contributed by atoms with Crippen LogP contribution < -0.4 is 9.80 Å². The minimum absolute atomic E-state index is 0.00988. The van der Waals surface area contributed by atoms with Crippen molar-refractivity contribution in [1.82, 2.24) is 0 Å². The number of hydrogen-bond acceptors (Lipinski definition) is 2. The van der Waals surface area contributed by atoms with Gasteiger partial charge in [-0.15, -0.1) is 0 Å². The van der Waals surface area contributed by atoms with Crippen molar-refractivity contribution < 1.29 is 9.59 Å². The maximum Gasteiger partial charge on any atom is 0.231 e. The summed E-state index contributed by atoms with van der Waals surface area (Å²) in [5.41, 5.74) is 3.91. The number of amides is 2. The predicted molar refractivity (Wildman–Crippen MR) is 128 cm³/mol. The highest BCUT2D eigenvalue weighted by Crippen LogP contribution is 2.44. The Hall–Kier alpha value is -3.40. The molecular formula is C28H28N2O2. The number of anilines is 2. The number of nitrogens with zero attached hydrogens (tertiary/aromatic N) is 2. The fourth-order valence-corrected chi connectivity index (χ4v) is 4.84. The number of carbonyl (C=O) groups is 2. The molecule has 0 unspecified atom stereocenters. The van der Waals surface area contributed by atoms with Crippen LogP contribution >= 0.6 is 0 Å². The van der Waals surface area contributed by atoms with Crippen LogP contribution in [-0.4, -0.2) is 17.9 Å². The number of fused-ring (bicyclic) bond motifs is 1. The lowest BCUT2D eigenvalue weighted by molar-refractivity contribution is -0.120. The average Bonchev–Trinajstić information content (AvgIpc) is 3.66. The minimum Gasteiger partial charge on any atom is -0.309 e. The van der Waals surface area contributed by atoms with E-state index in [1.165, 1.54) is 0 Å². The van der Waals surface area contributed by atoms with Gasteiger partial charge in [-0.05, 0) is 55.5 Å². The molecule has 5 rings (SSSR count). The average molecular weight is 425 g/mol. The molecule has 1 aliphatic heterocycles. The molecule has 2 aliphatic rings. The van der Waals surface area contributed by atoms with E-state index in [1.807, 2.05) is 88.7 Å². The quantitative estimate of drug-likeness (QED) is 0.540. The van der Waals surface area contributed by atoms with Crippen LogP contribution in [0.4, 0.5) is 11.4 Å². The Bertz CT molecular complexity index is 1110. The minimum atomic E-state index is -0.0857. The van der Waals surface area contributed by atoms with Gasteiger partial charge < -0.3 is 9.80 Å². The first-order valence-electron chi connectivity index (χ1n) is 11.5. The molecule has 3 aromatic rings. The molecule has 0 aromatic heterocycles. The Morgan fingerprint density at radius 2 is 1.50 bits per heavy atom. The lowest BCUT2D eigenvalue weighted by atomic mass is 9.89. The first-order valence-corrected chi connectivity index (χ1v) is 11.5. The van der Waals surface area contributed by atoms with Crippen molar-refractivity contribution in [3.8, 4) is 0 Å². The third kappa shape index (κ3) is 3.93. The van der Waals surface area contributed by atoms with Gasteiger partial charge in [-0.2, -0.15) is 0 Å². The summed E-state index contributed by atoms with van der Waals surface area (Å²) in [6.07, 6.45) is 3.01. The van der Waals surface area contributed by atoms with E-state index in [2.05, 4.69) is 13.0 Å². The van der Waals surface area contributed by atoms with Crippen molar-refractivity contribution >= 4 is 23.2 Å². The van der Waals surface area contributed by atoms with Gasteiger partial charge in [-0.1, -0.05) is 66.7 Å². The zero-order chi connectivity index (χ0) is 22.1.